The van der Waals surface area contributed by atoms with Gasteiger partial charge in [0.25, 0.3) is 0 Å². The minimum atomic E-state index is -0.723. The fraction of sp³-hybridized carbons (Fsp3) is 0.467. The predicted octanol–water partition coefficient (Wildman–Crippen LogP) is 2.27. The van der Waals surface area contributed by atoms with Crippen LogP contribution in [0.5, 0.6) is 5.75 Å². The van der Waals surface area contributed by atoms with Crippen LogP contribution in [-0.2, 0) is 9.53 Å². The number of nitrogens with zero attached hydrogens (tertiary/aromatic N) is 1. The van der Waals surface area contributed by atoms with Crippen LogP contribution >= 0.6 is 0 Å². The van der Waals surface area contributed by atoms with Crippen LogP contribution in [0.3, 0.4) is 0 Å². The number of phenols is 1. The fourth-order valence-electron chi connectivity index (χ4n) is 1.64. The molecule has 0 aliphatic rings. The van der Waals surface area contributed by atoms with E-state index in [1.807, 2.05) is 0 Å². The van der Waals surface area contributed by atoms with Gasteiger partial charge in [0.1, 0.15) is 17.4 Å². The Labute approximate surface area is 124 Å². The van der Waals surface area contributed by atoms with Crippen LogP contribution < -0.4 is 10.2 Å². The molecule has 21 heavy (non-hydrogen) atoms. The average molecular weight is 294 g/mol. The van der Waals surface area contributed by atoms with Gasteiger partial charge >= 0.3 is 6.09 Å². The molecule has 0 radical (unpaired) electrons. The SMILES string of the molecule is CC(NC(=O)OC(C)(C)C)C(=O)N(C)c1ccc(O)cc1. The Hall–Kier alpha value is -2.24. The molecule has 0 aliphatic heterocycles. The van der Waals surface area contributed by atoms with Gasteiger partial charge in [-0.25, -0.2) is 4.79 Å². The van der Waals surface area contributed by atoms with Crippen molar-refractivity contribution in [3.8, 4) is 5.75 Å². The van der Waals surface area contributed by atoms with Gasteiger partial charge in [0, 0.05) is 12.7 Å². The molecule has 0 saturated heterocycles. The summed E-state index contributed by atoms with van der Waals surface area (Å²) < 4.78 is 5.11. The highest BCUT2D eigenvalue weighted by Crippen LogP contribution is 2.17. The molecule has 0 aromatic heterocycles. The highest BCUT2D eigenvalue weighted by Gasteiger charge is 2.23. The fourth-order valence-corrected chi connectivity index (χ4v) is 1.64. The van der Waals surface area contributed by atoms with Crippen molar-refractivity contribution in [3.63, 3.8) is 0 Å². The van der Waals surface area contributed by atoms with Gasteiger partial charge < -0.3 is 20.1 Å². The van der Waals surface area contributed by atoms with Crippen LogP contribution in [0.1, 0.15) is 27.7 Å². The van der Waals surface area contributed by atoms with Crippen molar-refractivity contribution in [2.75, 3.05) is 11.9 Å². The Balaban J connectivity index is 2.65. The Kier molecular flexibility index (Phi) is 5.18. The van der Waals surface area contributed by atoms with Crippen molar-refractivity contribution >= 4 is 17.7 Å². The van der Waals surface area contributed by atoms with Gasteiger partial charge in [-0.1, -0.05) is 0 Å². The van der Waals surface area contributed by atoms with Gasteiger partial charge in [0.2, 0.25) is 5.91 Å². The summed E-state index contributed by atoms with van der Waals surface area (Å²) in [4.78, 5) is 25.3. The van der Waals surface area contributed by atoms with Crippen LogP contribution in [-0.4, -0.2) is 35.8 Å². The van der Waals surface area contributed by atoms with Gasteiger partial charge in [-0.05, 0) is 52.0 Å². The van der Waals surface area contributed by atoms with E-state index in [2.05, 4.69) is 5.32 Å². The standard InChI is InChI=1S/C15H22N2O4/c1-10(16-14(20)21-15(2,3)4)13(19)17(5)11-6-8-12(18)9-7-11/h6-10,18H,1-5H3,(H,16,20). The first-order chi connectivity index (χ1) is 9.60. The van der Waals surface area contributed by atoms with Crippen LogP contribution in [0, 0.1) is 0 Å². The molecule has 2 amide bonds. The van der Waals surface area contributed by atoms with E-state index in [9.17, 15) is 14.7 Å². The average Bonchev–Trinajstić information content (AvgIpc) is 2.35. The lowest BCUT2D eigenvalue weighted by Gasteiger charge is -2.24. The van der Waals surface area contributed by atoms with Crippen molar-refractivity contribution in [2.24, 2.45) is 0 Å². The molecule has 1 atom stereocenters. The number of ether oxygens (including phenoxy) is 1. The molecule has 0 spiro atoms. The molecule has 0 saturated carbocycles. The monoisotopic (exact) mass is 294 g/mol. The highest BCUT2D eigenvalue weighted by molar-refractivity contribution is 5.98. The summed E-state index contributed by atoms with van der Waals surface area (Å²) in [7, 11) is 1.60. The summed E-state index contributed by atoms with van der Waals surface area (Å²) >= 11 is 0. The van der Waals surface area contributed by atoms with E-state index in [1.165, 1.54) is 17.0 Å². The molecule has 1 unspecified atom stereocenters. The zero-order valence-corrected chi connectivity index (χ0v) is 13.0. The van der Waals surface area contributed by atoms with Gasteiger partial charge in [-0.3, -0.25) is 4.79 Å². The first-order valence-electron chi connectivity index (χ1n) is 6.66. The van der Waals surface area contributed by atoms with Gasteiger partial charge in [0.05, 0.1) is 0 Å². The van der Waals surface area contributed by atoms with Crippen LogP contribution in [0.2, 0.25) is 0 Å². The molecule has 1 aromatic rings. The summed E-state index contributed by atoms with van der Waals surface area (Å²) in [6.45, 7) is 6.84. The number of phenolic OH excluding ortho intramolecular Hbond substituents is 1. The number of hydrogen-bond acceptors (Lipinski definition) is 4. The number of benzene rings is 1. The summed E-state index contributed by atoms with van der Waals surface area (Å²) in [6, 6.07) is 5.50. The maximum absolute atomic E-state index is 12.2. The van der Waals surface area contributed by atoms with Crippen molar-refractivity contribution in [1.29, 1.82) is 0 Å². The smallest absolute Gasteiger partial charge is 0.408 e. The second kappa shape index (κ2) is 6.47. The van der Waals surface area contributed by atoms with Crippen molar-refractivity contribution < 1.29 is 19.4 Å². The molecule has 1 aromatic carbocycles. The van der Waals surface area contributed by atoms with E-state index >= 15 is 0 Å². The topological polar surface area (TPSA) is 78.9 Å². The van der Waals surface area contributed by atoms with E-state index in [4.69, 9.17) is 4.74 Å². The Bertz CT molecular complexity index is 505. The molecule has 0 aliphatic carbocycles. The molecule has 1 rings (SSSR count). The summed E-state index contributed by atoms with van der Waals surface area (Å²) in [5.74, 6) is -0.161. The lowest BCUT2D eigenvalue weighted by Crippen LogP contribution is -2.47. The number of alkyl carbamates (subject to hydrolysis) is 1. The van der Waals surface area contributed by atoms with Crippen molar-refractivity contribution in [3.05, 3.63) is 24.3 Å². The molecule has 2 N–H and O–H groups in total. The Morgan fingerprint density at radius 2 is 1.76 bits per heavy atom. The minimum Gasteiger partial charge on any atom is -0.508 e. The van der Waals surface area contributed by atoms with Gasteiger partial charge in [0.15, 0.2) is 0 Å². The molecule has 6 nitrogen and oxygen atoms in total. The molecule has 6 heteroatoms. The Morgan fingerprint density at radius 3 is 2.24 bits per heavy atom. The number of likely N-dealkylation sites (N-methyl/N-ethyl adjacent to an activating group) is 1. The van der Waals surface area contributed by atoms with Crippen molar-refractivity contribution in [2.45, 2.75) is 39.3 Å². The molecular formula is C15H22N2O4. The maximum atomic E-state index is 12.2. The number of aromatic hydroxyl groups is 1. The maximum Gasteiger partial charge on any atom is 0.408 e. The largest absolute Gasteiger partial charge is 0.508 e. The zero-order chi connectivity index (χ0) is 16.2. The molecule has 0 fully saturated rings. The van der Waals surface area contributed by atoms with E-state index in [0.29, 0.717) is 5.69 Å². The lowest BCUT2D eigenvalue weighted by molar-refractivity contribution is -0.120. The Morgan fingerprint density at radius 1 is 1.24 bits per heavy atom. The van der Waals surface area contributed by atoms with Crippen LogP contribution in [0.4, 0.5) is 10.5 Å². The number of carbonyl (C=O) groups excluding carboxylic acids is 2. The third kappa shape index (κ3) is 5.33. The molecule has 116 valence electrons. The van der Waals surface area contributed by atoms with E-state index in [-0.39, 0.29) is 11.7 Å². The summed E-state index contributed by atoms with van der Waals surface area (Å²) in [6.07, 6.45) is -0.637. The third-order valence-electron chi connectivity index (χ3n) is 2.67. The number of carbonyl (C=O) groups is 2. The summed E-state index contributed by atoms with van der Waals surface area (Å²) in [5.41, 5.74) is 0.00559. The minimum absolute atomic E-state index is 0.125. The quantitative estimate of drug-likeness (QED) is 0.896. The van der Waals surface area contributed by atoms with E-state index in [1.54, 1.807) is 46.9 Å². The summed E-state index contributed by atoms with van der Waals surface area (Å²) in [5, 5.41) is 11.7. The first kappa shape index (κ1) is 16.8. The number of nitrogens with one attached hydrogen (secondary N) is 1. The molecular weight excluding hydrogens is 272 g/mol. The lowest BCUT2D eigenvalue weighted by atomic mass is 10.2. The second-order valence-corrected chi connectivity index (χ2v) is 5.78. The molecule has 0 heterocycles. The number of anilines is 1. The number of rotatable bonds is 3. The van der Waals surface area contributed by atoms with Crippen LogP contribution in [0.25, 0.3) is 0 Å². The number of amides is 2. The zero-order valence-electron chi connectivity index (χ0n) is 13.0. The van der Waals surface area contributed by atoms with E-state index < -0.39 is 17.7 Å². The van der Waals surface area contributed by atoms with Crippen LogP contribution in [0.15, 0.2) is 24.3 Å². The second-order valence-electron chi connectivity index (χ2n) is 5.78. The highest BCUT2D eigenvalue weighted by atomic mass is 16.6. The third-order valence-corrected chi connectivity index (χ3v) is 2.67. The first-order valence-corrected chi connectivity index (χ1v) is 6.66. The molecule has 0 bridgehead atoms. The normalized spacial score (nSPS) is 12.4. The number of hydrogen-bond donors (Lipinski definition) is 2. The van der Waals surface area contributed by atoms with E-state index in [0.717, 1.165) is 0 Å². The van der Waals surface area contributed by atoms with Gasteiger partial charge in [-0.15, -0.1) is 0 Å². The predicted molar refractivity (Wildman–Crippen MR) is 80.3 cm³/mol. The van der Waals surface area contributed by atoms with Crippen molar-refractivity contribution in [1.82, 2.24) is 5.32 Å². The van der Waals surface area contributed by atoms with Gasteiger partial charge in [-0.2, -0.15) is 0 Å².